The van der Waals surface area contributed by atoms with Crippen LogP contribution in [0.15, 0.2) is 24.3 Å². The lowest BCUT2D eigenvalue weighted by molar-refractivity contribution is 0.139. The van der Waals surface area contributed by atoms with Crippen LogP contribution in [0, 0.1) is 0 Å². The molecule has 0 aromatic heterocycles. The molecule has 1 atom stereocenters. The Bertz CT molecular complexity index is 474. The number of aliphatic hydroxyl groups is 1. The molecule has 0 saturated heterocycles. The van der Waals surface area contributed by atoms with Gasteiger partial charge in [0.05, 0.1) is 18.0 Å². The van der Waals surface area contributed by atoms with Crippen molar-refractivity contribution in [2.75, 3.05) is 13.4 Å². The topological polar surface area (TPSA) is 63.6 Å². The van der Waals surface area contributed by atoms with E-state index in [1.54, 1.807) is 31.4 Å². The minimum Gasteiger partial charge on any atom is -0.497 e. The van der Waals surface area contributed by atoms with Crippen LogP contribution in [0.5, 0.6) is 5.75 Å². The van der Waals surface area contributed by atoms with E-state index in [0.717, 1.165) is 6.26 Å². The van der Waals surface area contributed by atoms with Crippen molar-refractivity contribution < 1.29 is 18.3 Å². The highest BCUT2D eigenvalue weighted by molar-refractivity contribution is 7.92. The van der Waals surface area contributed by atoms with Gasteiger partial charge >= 0.3 is 0 Å². The molecule has 0 bridgehead atoms. The molecular weight excluding hydrogens is 240 g/mol. The van der Waals surface area contributed by atoms with Crippen molar-refractivity contribution in [3.63, 3.8) is 0 Å². The van der Waals surface area contributed by atoms with Crippen LogP contribution in [-0.2, 0) is 9.84 Å². The molecule has 1 rings (SSSR count). The second-order valence-corrected chi connectivity index (χ2v) is 7.15. The van der Waals surface area contributed by atoms with Crippen molar-refractivity contribution in [2.45, 2.75) is 24.7 Å². The van der Waals surface area contributed by atoms with Crippen LogP contribution in [0.2, 0.25) is 0 Å². The predicted octanol–water partition coefficient (Wildman–Crippen LogP) is 1.55. The maximum absolute atomic E-state index is 11.6. The highest BCUT2D eigenvalue weighted by atomic mass is 32.2. The summed E-state index contributed by atoms with van der Waals surface area (Å²) in [5.41, 5.74) is 0.557. The summed E-state index contributed by atoms with van der Waals surface area (Å²) >= 11 is 0. The Hall–Kier alpha value is -1.07. The van der Waals surface area contributed by atoms with Crippen LogP contribution in [0.3, 0.4) is 0 Å². The summed E-state index contributed by atoms with van der Waals surface area (Å²) in [5.74, 6) is 0.665. The Morgan fingerprint density at radius 2 is 1.71 bits per heavy atom. The predicted molar refractivity (Wildman–Crippen MR) is 66.9 cm³/mol. The number of sulfone groups is 1. The first-order valence-corrected chi connectivity index (χ1v) is 7.11. The number of benzene rings is 1. The normalized spacial score (nSPS) is 14.4. The van der Waals surface area contributed by atoms with Gasteiger partial charge in [0.15, 0.2) is 9.84 Å². The molecule has 0 heterocycles. The molecule has 5 heteroatoms. The molecule has 1 unspecified atom stereocenters. The average molecular weight is 258 g/mol. The molecule has 0 amide bonds. The maximum Gasteiger partial charge on any atom is 0.155 e. The highest BCUT2D eigenvalue weighted by Gasteiger charge is 2.38. The third-order valence-electron chi connectivity index (χ3n) is 3.05. The van der Waals surface area contributed by atoms with Crippen molar-refractivity contribution in [3.8, 4) is 5.75 Å². The summed E-state index contributed by atoms with van der Waals surface area (Å²) in [5, 5.41) is 10.1. The first-order valence-electron chi connectivity index (χ1n) is 5.21. The first kappa shape index (κ1) is 14.0. The van der Waals surface area contributed by atoms with Crippen LogP contribution in [0.1, 0.15) is 25.5 Å². The van der Waals surface area contributed by atoms with Gasteiger partial charge in [-0.25, -0.2) is 8.42 Å². The number of aliphatic hydroxyl groups excluding tert-OH is 1. The van der Waals surface area contributed by atoms with Gasteiger partial charge in [-0.1, -0.05) is 12.1 Å². The summed E-state index contributed by atoms with van der Waals surface area (Å²) in [4.78, 5) is 0. The van der Waals surface area contributed by atoms with E-state index in [2.05, 4.69) is 0 Å². The number of hydrogen-bond acceptors (Lipinski definition) is 4. The van der Waals surface area contributed by atoms with Gasteiger partial charge in [-0.2, -0.15) is 0 Å². The lowest BCUT2D eigenvalue weighted by Gasteiger charge is -2.28. The van der Waals surface area contributed by atoms with Gasteiger partial charge in [0, 0.05) is 6.26 Å². The summed E-state index contributed by atoms with van der Waals surface area (Å²) in [6.45, 7) is 3.02. The summed E-state index contributed by atoms with van der Waals surface area (Å²) < 4.78 is 27.0. The standard InChI is InChI=1S/C12H18O4S/c1-12(2,17(4,14)15)11(13)9-5-7-10(16-3)8-6-9/h5-8,11,13H,1-4H3. The Labute approximate surface area is 102 Å². The number of methoxy groups -OCH3 is 1. The quantitative estimate of drug-likeness (QED) is 0.890. The van der Waals surface area contributed by atoms with Crippen molar-refractivity contribution in [1.82, 2.24) is 0 Å². The molecule has 0 aliphatic carbocycles. The molecule has 0 aliphatic heterocycles. The van der Waals surface area contributed by atoms with E-state index in [4.69, 9.17) is 4.74 Å². The molecule has 0 radical (unpaired) electrons. The first-order chi connectivity index (χ1) is 7.70. The van der Waals surface area contributed by atoms with Crippen LogP contribution in [-0.4, -0.2) is 31.6 Å². The van der Waals surface area contributed by atoms with Crippen LogP contribution in [0.4, 0.5) is 0 Å². The van der Waals surface area contributed by atoms with Gasteiger partial charge < -0.3 is 9.84 Å². The summed E-state index contributed by atoms with van der Waals surface area (Å²) in [7, 11) is -1.80. The Kier molecular flexibility index (Phi) is 3.84. The molecule has 0 saturated carbocycles. The van der Waals surface area contributed by atoms with E-state index in [1.807, 2.05) is 0 Å². The molecular formula is C12H18O4S. The maximum atomic E-state index is 11.6. The fraction of sp³-hybridized carbons (Fsp3) is 0.500. The van der Waals surface area contributed by atoms with E-state index in [9.17, 15) is 13.5 Å². The van der Waals surface area contributed by atoms with E-state index in [0.29, 0.717) is 11.3 Å². The van der Waals surface area contributed by atoms with Gasteiger partial charge in [0.25, 0.3) is 0 Å². The second kappa shape index (κ2) is 4.66. The Morgan fingerprint density at radius 1 is 1.24 bits per heavy atom. The SMILES string of the molecule is COc1ccc(C(O)C(C)(C)S(C)(=O)=O)cc1. The zero-order chi connectivity index (χ0) is 13.3. The van der Waals surface area contributed by atoms with Gasteiger partial charge in [-0.05, 0) is 31.5 Å². The zero-order valence-electron chi connectivity index (χ0n) is 10.5. The minimum absolute atomic E-state index is 0.557. The van der Waals surface area contributed by atoms with Crippen molar-refractivity contribution in [3.05, 3.63) is 29.8 Å². The summed E-state index contributed by atoms with van der Waals surface area (Å²) in [6.07, 6.45) is 0.0585. The minimum atomic E-state index is -3.35. The second-order valence-electron chi connectivity index (χ2n) is 4.55. The van der Waals surface area contributed by atoms with E-state index in [1.165, 1.54) is 13.8 Å². The number of hydrogen-bond donors (Lipinski definition) is 1. The van der Waals surface area contributed by atoms with E-state index >= 15 is 0 Å². The molecule has 1 aromatic carbocycles. The van der Waals surface area contributed by atoms with Gasteiger partial charge in [-0.15, -0.1) is 0 Å². The smallest absolute Gasteiger partial charge is 0.155 e. The lowest BCUT2D eigenvalue weighted by atomic mass is 9.98. The zero-order valence-corrected chi connectivity index (χ0v) is 11.3. The monoisotopic (exact) mass is 258 g/mol. The summed E-state index contributed by atoms with van der Waals surface area (Å²) in [6, 6.07) is 6.71. The van der Waals surface area contributed by atoms with Gasteiger partial charge in [-0.3, -0.25) is 0 Å². The molecule has 0 spiro atoms. The van der Waals surface area contributed by atoms with Crippen LogP contribution >= 0.6 is 0 Å². The molecule has 0 aliphatic rings. The average Bonchev–Trinajstić information content (AvgIpc) is 2.26. The molecule has 1 N–H and O–H groups in total. The van der Waals surface area contributed by atoms with Gasteiger partial charge in [0.2, 0.25) is 0 Å². The Morgan fingerprint density at radius 3 is 2.06 bits per heavy atom. The van der Waals surface area contributed by atoms with Crippen LogP contribution < -0.4 is 4.74 Å². The van der Waals surface area contributed by atoms with Crippen molar-refractivity contribution in [2.24, 2.45) is 0 Å². The molecule has 1 aromatic rings. The van der Waals surface area contributed by atoms with Crippen molar-refractivity contribution >= 4 is 9.84 Å². The third kappa shape index (κ3) is 2.79. The van der Waals surface area contributed by atoms with Crippen molar-refractivity contribution in [1.29, 1.82) is 0 Å². The molecule has 17 heavy (non-hydrogen) atoms. The molecule has 0 fully saturated rings. The lowest BCUT2D eigenvalue weighted by Crippen LogP contribution is -2.37. The van der Waals surface area contributed by atoms with E-state index in [-0.39, 0.29) is 0 Å². The van der Waals surface area contributed by atoms with E-state index < -0.39 is 20.7 Å². The molecule has 4 nitrogen and oxygen atoms in total. The Balaban J connectivity index is 3.08. The number of rotatable bonds is 4. The largest absolute Gasteiger partial charge is 0.497 e. The number of ether oxygens (including phenoxy) is 1. The fourth-order valence-corrected chi connectivity index (χ4v) is 1.93. The van der Waals surface area contributed by atoms with Gasteiger partial charge in [0.1, 0.15) is 5.75 Å². The molecule has 96 valence electrons. The highest BCUT2D eigenvalue weighted by Crippen LogP contribution is 2.32. The third-order valence-corrected chi connectivity index (χ3v) is 5.18. The van der Waals surface area contributed by atoms with Crippen LogP contribution in [0.25, 0.3) is 0 Å². The fourth-order valence-electron chi connectivity index (χ4n) is 1.39.